The van der Waals surface area contributed by atoms with Crippen LogP contribution in [0.3, 0.4) is 0 Å². The topological polar surface area (TPSA) is 167 Å². The van der Waals surface area contributed by atoms with Crippen molar-refractivity contribution in [3.8, 4) is 17.1 Å². The van der Waals surface area contributed by atoms with Gasteiger partial charge in [-0.15, -0.1) is 0 Å². The van der Waals surface area contributed by atoms with Crippen molar-refractivity contribution in [2.24, 2.45) is 5.10 Å². The molecule has 0 spiro atoms. The number of halogens is 1. The molecule has 0 amide bonds. The fraction of sp³-hybridized carbons (Fsp3) is 0.0455. The van der Waals surface area contributed by atoms with E-state index < -0.39 is 4.92 Å². The Morgan fingerprint density at radius 2 is 1.81 bits per heavy atom. The maximum atomic E-state index is 11.0. The Labute approximate surface area is 210 Å². The number of hydrogen-bond donors (Lipinski definition) is 2. The van der Waals surface area contributed by atoms with Crippen molar-refractivity contribution >= 4 is 56.4 Å². The maximum Gasteiger partial charge on any atom is 0.273 e. The monoisotopic (exact) mass is 550 g/mol. The first kappa shape index (κ1) is 22.9. The number of benzene rings is 2. The van der Waals surface area contributed by atoms with Gasteiger partial charge in [-0.05, 0) is 52.8 Å². The van der Waals surface area contributed by atoms with Gasteiger partial charge in [-0.3, -0.25) is 15.5 Å². The number of hydrazone groups is 1. The number of non-ortho nitro benzene ring substituents is 1. The summed E-state index contributed by atoms with van der Waals surface area (Å²) in [6.45, 7) is 0. The highest BCUT2D eigenvalue weighted by Crippen LogP contribution is 2.34. The van der Waals surface area contributed by atoms with Gasteiger partial charge in [0, 0.05) is 16.2 Å². The van der Waals surface area contributed by atoms with Crippen LogP contribution in [-0.4, -0.2) is 38.5 Å². The van der Waals surface area contributed by atoms with Gasteiger partial charge in [0.15, 0.2) is 11.6 Å². The van der Waals surface area contributed by atoms with Gasteiger partial charge >= 0.3 is 0 Å². The molecule has 0 saturated carbocycles. The lowest BCUT2D eigenvalue weighted by molar-refractivity contribution is -0.384. The van der Waals surface area contributed by atoms with E-state index >= 15 is 0 Å². The molecule has 13 nitrogen and oxygen atoms in total. The standard InChI is InChI=1S/C22H15BrN8O5/c1-34-18-10-14(31(32)33)6-8-16(18)17-9-7-15(35-17)11-24-28-20-19(25-13-4-2-12(23)3-5-13)26-21-22(27-20)30-36-29-21/h2-11H,1H3,(H,25,26,29)(H,27,28,30). The zero-order chi connectivity index (χ0) is 25.1. The smallest absolute Gasteiger partial charge is 0.273 e. The predicted molar refractivity (Wildman–Crippen MR) is 133 cm³/mol. The van der Waals surface area contributed by atoms with E-state index in [1.165, 1.54) is 25.5 Å². The molecule has 36 heavy (non-hydrogen) atoms. The summed E-state index contributed by atoms with van der Waals surface area (Å²) in [6, 6.07) is 15.2. The largest absolute Gasteiger partial charge is 0.496 e. The molecule has 5 aromatic rings. The van der Waals surface area contributed by atoms with Crippen molar-refractivity contribution < 1.29 is 18.7 Å². The number of aromatic nitrogens is 4. The predicted octanol–water partition coefficient (Wildman–Crippen LogP) is 5.14. The van der Waals surface area contributed by atoms with E-state index in [1.807, 2.05) is 24.3 Å². The number of ether oxygens (including phenoxy) is 1. The third-order valence-electron chi connectivity index (χ3n) is 4.87. The molecular weight excluding hydrogens is 536 g/mol. The van der Waals surface area contributed by atoms with Crippen molar-refractivity contribution in [3.63, 3.8) is 0 Å². The molecule has 0 aliphatic rings. The van der Waals surface area contributed by atoms with Crippen LogP contribution in [0.25, 0.3) is 22.6 Å². The Morgan fingerprint density at radius 1 is 1.06 bits per heavy atom. The molecule has 0 aliphatic carbocycles. The maximum absolute atomic E-state index is 11.0. The molecule has 2 N–H and O–H groups in total. The molecular formula is C22H15BrN8O5. The number of methoxy groups -OCH3 is 1. The second-order valence-corrected chi connectivity index (χ2v) is 8.09. The molecule has 0 aliphatic heterocycles. The van der Waals surface area contributed by atoms with Crippen LogP contribution in [0.2, 0.25) is 0 Å². The van der Waals surface area contributed by atoms with Crippen molar-refractivity contribution in [1.82, 2.24) is 20.3 Å². The van der Waals surface area contributed by atoms with Crippen LogP contribution >= 0.6 is 15.9 Å². The molecule has 0 unspecified atom stereocenters. The second kappa shape index (κ2) is 9.79. The third kappa shape index (κ3) is 4.83. The minimum atomic E-state index is -0.493. The van der Waals surface area contributed by atoms with Crippen molar-refractivity contribution in [3.05, 3.63) is 74.9 Å². The molecule has 0 saturated heterocycles. The highest BCUT2D eigenvalue weighted by atomic mass is 79.9. The number of furan rings is 1. The van der Waals surface area contributed by atoms with Crippen LogP contribution in [-0.2, 0) is 0 Å². The molecule has 0 fully saturated rings. The molecule has 14 heteroatoms. The summed E-state index contributed by atoms with van der Waals surface area (Å²) in [4.78, 5) is 19.3. The Bertz CT molecular complexity index is 1580. The van der Waals surface area contributed by atoms with Crippen LogP contribution in [0.15, 0.2) is 73.2 Å². The number of nitrogens with one attached hydrogen (secondary N) is 2. The van der Waals surface area contributed by atoms with Gasteiger partial charge in [-0.2, -0.15) is 10.1 Å². The van der Waals surface area contributed by atoms with E-state index in [-0.39, 0.29) is 22.8 Å². The van der Waals surface area contributed by atoms with Gasteiger partial charge in [0.2, 0.25) is 11.3 Å². The van der Waals surface area contributed by atoms with E-state index in [0.29, 0.717) is 28.7 Å². The lowest BCUT2D eigenvalue weighted by Gasteiger charge is -2.09. The van der Waals surface area contributed by atoms with Gasteiger partial charge in [0.1, 0.15) is 17.3 Å². The first-order valence-corrected chi connectivity index (χ1v) is 11.0. The Balaban J connectivity index is 1.37. The van der Waals surface area contributed by atoms with Crippen molar-refractivity contribution in [1.29, 1.82) is 0 Å². The first-order chi connectivity index (χ1) is 17.5. The average molecular weight is 551 g/mol. The number of nitro benzene ring substituents is 1. The Hall–Kier alpha value is -4.85. The van der Waals surface area contributed by atoms with E-state index in [2.05, 4.69) is 52.1 Å². The minimum Gasteiger partial charge on any atom is -0.496 e. The molecule has 3 heterocycles. The third-order valence-corrected chi connectivity index (χ3v) is 5.40. The molecule has 0 bridgehead atoms. The highest BCUT2D eigenvalue weighted by molar-refractivity contribution is 9.10. The number of rotatable bonds is 8. The van der Waals surface area contributed by atoms with Crippen LogP contribution in [0.5, 0.6) is 5.75 Å². The molecule has 5 rings (SSSR count). The summed E-state index contributed by atoms with van der Waals surface area (Å²) >= 11 is 3.40. The quantitative estimate of drug-likeness (QED) is 0.149. The molecule has 3 aromatic heterocycles. The first-order valence-electron chi connectivity index (χ1n) is 10.2. The molecule has 0 radical (unpaired) electrons. The summed E-state index contributed by atoms with van der Waals surface area (Å²) in [5, 5.41) is 25.8. The Kier molecular flexibility index (Phi) is 6.23. The fourth-order valence-electron chi connectivity index (χ4n) is 3.19. The average Bonchev–Trinajstić information content (AvgIpc) is 3.54. The normalized spacial score (nSPS) is 11.2. The molecule has 180 valence electrons. The molecule has 0 atom stereocenters. The van der Waals surface area contributed by atoms with E-state index in [9.17, 15) is 10.1 Å². The van der Waals surface area contributed by atoms with E-state index in [4.69, 9.17) is 13.8 Å². The number of hydrogen-bond acceptors (Lipinski definition) is 12. The zero-order valence-corrected chi connectivity index (χ0v) is 20.0. The Morgan fingerprint density at radius 3 is 2.53 bits per heavy atom. The van der Waals surface area contributed by atoms with Gasteiger partial charge in [0.25, 0.3) is 5.69 Å². The van der Waals surface area contributed by atoms with E-state index in [1.54, 1.807) is 18.2 Å². The lowest BCUT2D eigenvalue weighted by Crippen LogP contribution is -2.03. The van der Waals surface area contributed by atoms with Gasteiger partial charge < -0.3 is 14.5 Å². The SMILES string of the molecule is COc1cc([N+](=O)[O-])ccc1-c1ccc(C=NNc2nc3nonc3nc2Nc2ccc(Br)cc2)o1. The van der Waals surface area contributed by atoms with Gasteiger partial charge in [-0.1, -0.05) is 15.9 Å². The lowest BCUT2D eigenvalue weighted by atomic mass is 10.1. The van der Waals surface area contributed by atoms with E-state index in [0.717, 1.165) is 10.2 Å². The van der Waals surface area contributed by atoms with Crippen LogP contribution in [0.4, 0.5) is 23.0 Å². The van der Waals surface area contributed by atoms with Crippen molar-refractivity contribution in [2.75, 3.05) is 17.9 Å². The molecule has 2 aromatic carbocycles. The number of fused-ring (bicyclic) bond motifs is 1. The van der Waals surface area contributed by atoms with Crippen LogP contribution in [0, 0.1) is 10.1 Å². The highest BCUT2D eigenvalue weighted by Gasteiger charge is 2.16. The number of anilines is 3. The van der Waals surface area contributed by atoms with Gasteiger partial charge in [0.05, 0.1) is 29.9 Å². The number of nitrogens with zero attached hydrogens (tertiary/aromatic N) is 6. The van der Waals surface area contributed by atoms with Gasteiger partial charge in [-0.25, -0.2) is 9.61 Å². The zero-order valence-electron chi connectivity index (χ0n) is 18.4. The van der Waals surface area contributed by atoms with Crippen LogP contribution < -0.4 is 15.5 Å². The number of nitro groups is 1. The minimum absolute atomic E-state index is 0.0823. The van der Waals surface area contributed by atoms with Crippen LogP contribution in [0.1, 0.15) is 5.76 Å². The summed E-state index contributed by atoms with van der Waals surface area (Å²) in [7, 11) is 1.43. The second-order valence-electron chi connectivity index (χ2n) is 7.18. The fourth-order valence-corrected chi connectivity index (χ4v) is 3.46. The summed E-state index contributed by atoms with van der Waals surface area (Å²) < 4.78 is 16.7. The summed E-state index contributed by atoms with van der Waals surface area (Å²) in [5.41, 5.74) is 4.51. The summed E-state index contributed by atoms with van der Waals surface area (Å²) in [6.07, 6.45) is 1.44. The van der Waals surface area contributed by atoms with Crippen molar-refractivity contribution in [2.45, 2.75) is 0 Å². The summed E-state index contributed by atoms with van der Waals surface area (Å²) in [5.74, 6) is 1.82.